The van der Waals surface area contributed by atoms with Crippen molar-refractivity contribution in [2.45, 2.75) is 19.1 Å². The van der Waals surface area contributed by atoms with Gasteiger partial charge in [0.05, 0.1) is 17.4 Å². The summed E-state index contributed by atoms with van der Waals surface area (Å²) in [6.07, 6.45) is 4.19. The van der Waals surface area contributed by atoms with Crippen LogP contribution in [-0.2, 0) is 6.54 Å². The fourth-order valence-corrected chi connectivity index (χ4v) is 3.26. The molecule has 2 aromatic heterocycles. The number of hydrogen-bond donors (Lipinski definition) is 3. The minimum Gasteiger partial charge on any atom is -0.490 e. The molecule has 2 heterocycles. The Balaban J connectivity index is 1.18. The van der Waals surface area contributed by atoms with Gasteiger partial charge in [-0.3, -0.25) is 0 Å². The standard InChI is InChI=1S/C21H24N4O2/c26-16(14-27-21-8-3-6-18-17(21)9-11-23-18)13-22-10-4-12-25-15-24-19-5-1-2-7-20(19)25/h1-3,5-9,11,15-16,22-23,26H,4,10,12-14H2. The summed E-state index contributed by atoms with van der Waals surface area (Å²) >= 11 is 0. The normalized spacial score (nSPS) is 12.6. The molecule has 27 heavy (non-hydrogen) atoms. The van der Waals surface area contributed by atoms with E-state index in [0.29, 0.717) is 6.54 Å². The lowest BCUT2D eigenvalue weighted by Crippen LogP contribution is -2.32. The van der Waals surface area contributed by atoms with E-state index in [1.807, 2.05) is 55.0 Å². The Morgan fingerprint density at radius 2 is 2.07 bits per heavy atom. The van der Waals surface area contributed by atoms with E-state index in [4.69, 9.17) is 4.74 Å². The van der Waals surface area contributed by atoms with Gasteiger partial charge in [-0.2, -0.15) is 0 Å². The van der Waals surface area contributed by atoms with Crippen LogP contribution in [0.4, 0.5) is 0 Å². The van der Waals surface area contributed by atoms with Crippen molar-refractivity contribution in [3.8, 4) is 5.75 Å². The first-order valence-electron chi connectivity index (χ1n) is 9.29. The van der Waals surface area contributed by atoms with Crippen LogP contribution in [0.1, 0.15) is 6.42 Å². The third-order valence-corrected chi connectivity index (χ3v) is 4.65. The quantitative estimate of drug-likeness (QED) is 0.399. The van der Waals surface area contributed by atoms with Crippen LogP contribution in [0.2, 0.25) is 0 Å². The van der Waals surface area contributed by atoms with E-state index in [2.05, 4.69) is 25.9 Å². The van der Waals surface area contributed by atoms with Crippen molar-refractivity contribution in [3.63, 3.8) is 0 Å². The number of imidazole rings is 1. The molecule has 0 bridgehead atoms. The summed E-state index contributed by atoms with van der Waals surface area (Å²) in [6.45, 7) is 2.50. The van der Waals surface area contributed by atoms with Gasteiger partial charge in [0, 0.05) is 30.2 Å². The zero-order valence-electron chi connectivity index (χ0n) is 15.1. The maximum atomic E-state index is 10.1. The summed E-state index contributed by atoms with van der Waals surface area (Å²) in [7, 11) is 0. The molecule has 4 aromatic rings. The third-order valence-electron chi connectivity index (χ3n) is 4.65. The molecule has 0 spiro atoms. The second-order valence-electron chi connectivity index (χ2n) is 6.64. The molecule has 0 aliphatic rings. The second-order valence-corrected chi connectivity index (χ2v) is 6.64. The first kappa shape index (κ1) is 17.6. The van der Waals surface area contributed by atoms with Gasteiger partial charge in [-0.05, 0) is 43.3 Å². The van der Waals surface area contributed by atoms with Gasteiger partial charge in [0.1, 0.15) is 18.5 Å². The van der Waals surface area contributed by atoms with Crippen molar-refractivity contribution >= 4 is 21.9 Å². The van der Waals surface area contributed by atoms with Gasteiger partial charge in [-0.15, -0.1) is 0 Å². The van der Waals surface area contributed by atoms with Gasteiger partial charge in [0.25, 0.3) is 0 Å². The van der Waals surface area contributed by atoms with E-state index in [-0.39, 0.29) is 6.61 Å². The number of ether oxygens (including phenoxy) is 1. The fraction of sp³-hybridized carbons (Fsp3) is 0.286. The molecule has 1 atom stereocenters. The van der Waals surface area contributed by atoms with Crippen LogP contribution in [0.15, 0.2) is 61.1 Å². The van der Waals surface area contributed by atoms with Crippen LogP contribution in [-0.4, -0.2) is 45.4 Å². The van der Waals surface area contributed by atoms with E-state index in [1.54, 1.807) is 0 Å². The Kier molecular flexibility index (Phi) is 5.37. The number of nitrogens with one attached hydrogen (secondary N) is 2. The second kappa shape index (κ2) is 8.24. The molecule has 4 rings (SSSR count). The number of aromatic nitrogens is 3. The smallest absolute Gasteiger partial charge is 0.128 e. The van der Waals surface area contributed by atoms with Crippen LogP contribution in [0, 0.1) is 0 Å². The summed E-state index contributed by atoms with van der Waals surface area (Å²) in [4.78, 5) is 7.56. The van der Waals surface area contributed by atoms with E-state index in [9.17, 15) is 5.11 Å². The fourth-order valence-electron chi connectivity index (χ4n) is 3.26. The van der Waals surface area contributed by atoms with Crippen molar-refractivity contribution in [2.75, 3.05) is 19.7 Å². The Morgan fingerprint density at radius 1 is 1.15 bits per heavy atom. The molecule has 0 fully saturated rings. The Labute approximate surface area is 157 Å². The predicted octanol–water partition coefficient (Wildman–Crippen LogP) is 2.94. The van der Waals surface area contributed by atoms with Crippen molar-refractivity contribution in [1.82, 2.24) is 19.9 Å². The van der Waals surface area contributed by atoms with Crippen LogP contribution >= 0.6 is 0 Å². The SMILES string of the molecule is OC(CNCCCn1cnc2ccccc21)COc1cccc2[nH]ccc12. The molecule has 6 nitrogen and oxygen atoms in total. The van der Waals surface area contributed by atoms with Gasteiger partial charge in [0.15, 0.2) is 0 Å². The van der Waals surface area contributed by atoms with Crippen LogP contribution < -0.4 is 10.1 Å². The van der Waals surface area contributed by atoms with Gasteiger partial charge in [-0.1, -0.05) is 18.2 Å². The van der Waals surface area contributed by atoms with Gasteiger partial charge in [-0.25, -0.2) is 4.98 Å². The van der Waals surface area contributed by atoms with Crippen molar-refractivity contribution in [3.05, 3.63) is 61.1 Å². The molecule has 0 radical (unpaired) electrons. The maximum absolute atomic E-state index is 10.1. The number of H-pyrrole nitrogens is 1. The van der Waals surface area contributed by atoms with Crippen LogP contribution in [0.3, 0.4) is 0 Å². The topological polar surface area (TPSA) is 75.1 Å². The lowest BCUT2D eigenvalue weighted by molar-refractivity contribution is 0.107. The monoisotopic (exact) mass is 364 g/mol. The number of benzene rings is 2. The molecule has 0 saturated heterocycles. The number of aryl methyl sites for hydroxylation is 1. The zero-order chi connectivity index (χ0) is 18.5. The lowest BCUT2D eigenvalue weighted by atomic mass is 10.2. The summed E-state index contributed by atoms with van der Waals surface area (Å²) in [5.74, 6) is 0.791. The third kappa shape index (κ3) is 4.13. The minimum absolute atomic E-state index is 0.267. The molecular formula is C21H24N4O2. The van der Waals surface area contributed by atoms with E-state index in [0.717, 1.165) is 47.2 Å². The van der Waals surface area contributed by atoms with Gasteiger partial charge >= 0.3 is 0 Å². The summed E-state index contributed by atoms with van der Waals surface area (Å²) in [5.41, 5.74) is 3.22. The minimum atomic E-state index is -0.548. The van der Waals surface area contributed by atoms with Crippen LogP contribution in [0.25, 0.3) is 21.9 Å². The number of hydrogen-bond acceptors (Lipinski definition) is 4. The maximum Gasteiger partial charge on any atom is 0.128 e. The molecule has 0 aliphatic carbocycles. The number of nitrogens with zero attached hydrogens (tertiary/aromatic N) is 2. The van der Waals surface area contributed by atoms with E-state index in [1.165, 1.54) is 0 Å². The largest absolute Gasteiger partial charge is 0.490 e. The molecule has 0 aliphatic heterocycles. The highest BCUT2D eigenvalue weighted by Crippen LogP contribution is 2.24. The number of aliphatic hydroxyl groups excluding tert-OH is 1. The molecule has 3 N–H and O–H groups in total. The molecule has 0 amide bonds. The average Bonchev–Trinajstić information content (AvgIpc) is 3.33. The Bertz CT molecular complexity index is 1010. The molecule has 140 valence electrons. The molecule has 2 aromatic carbocycles. The highest BCUT2D eigenvalue weighted by molar-refractivity contribution is 5.85. The molecular weight excluding hydrogens is 340 g/mol. The van der Waals surface area contributed by atoms with Gasteiger partial charge < -0.3 is 24.7 Å². The predicted molar refractivity (Wildman–Crippen MR) is 107 cm³/mol. The molecule has 0 saturated carbocycles. The number of aromatic amines is 1. The van der Waals surface area contributed by atoms with Crippen molar-refractivity contribution in [1.29, 1.82) is 0 Å². The Hall–Kier alpha value is -2.83. The van der Waals surface area contributed by atoms with E-state index >= 15 is 0 Å². The summed E-state index contributed by atoms with van der Waals surface area (Å²) < 4.78 is 7.94. The Morgan fingerprint density at radius 3 is 3.04 bits per heavy atom. The van der Waals surface area contributed by atoms with Gasteiger partial charge in [0.2, 0.25) is 0 Å². The number of fused-ring (bicyclic) bond motifs is 2. The molecule has 6 heteroatoms. The number of para-hydroxylation sites is 2. The van der Waals surface area contributed by atoms with Crippen molar-refractivity contribution in [2.24, 2.45) is 0 Å². The first-order valence-corrected chi connectivity index (χ1v) is 9.29. The van der Waals surface area contributed by atoms with Crippen molar-refractivity contribution < 1.29 is 9.84 Å². The highest BCUT2D eigenvalue weighted by Gasteiger charge is 2.08. The zero-order valence-corrected chi connectivity index (χ0v) is 15.1. The summed E-state index contributed by atoms with van der Waals surface area (Å²) in [5, 5.41) is 14.5. The number of rotatable bonds is 9. The lowest BCUT2D eigenvalue weighted by Gasteiger charge is -2.14. The summed E-state index contributed by atoms with van der Waals surface area (Å²) in [6, 6.07) is 16.0. The van der Waals surface area contributed by atoms with Crippen LogP contribution in [0.5, 0.6) is 5.75 Å². The van der Waals surface area contributed by atoms with E-state index < -0.39 is 6.10 Å². The number of aliphatic hydroxyl groups is 1. The average molecular weight is 364 g/mol. The molecule has 1 unspecified atom stereocenters. The highest BCUT2D eigenvalue weighted by atomic mass is 16.5. The first-order chi connectivity index (χ1) is 13.3.